The minimum Gasteiger partial charge on any atom is -0.367 e. The highest BCUT2D eigenvalue weighted by Crippen LogP contribution is 2.22. The molecule has 3 N–H and O–H groups in total. The third-order valence-corrected chi connectivity index (χ3v) is 2.52. The molecule has 3 heteroatoms. The average molecular weight is 177 g/mol. The Morgan fingerprint density at radius 1 is 1.54 bits per heavy atom. The van der Waals surface area contributed by atoms with Crippen LogP contribution in [0.4, 0.5) is 5.82 Å². The fourth-order valence-corrected chi connectivity index (χ4v) is 1.61. The van der Waals surface area contributed by atoms with E-state index in [4.69, 9.17) is 5.73 Å². The summed E-state index contributed by atoms with van der Waals surface area (Å²) in [7, 11) is 0. The van der Waals surface area contributed by atoms with E-state index in [1.165, 1.54) is 5.56 Å². The number of anilines is 1. The van der Waals surface area contributed by atoms with Crippen molar-refractivity contribution in [2.75, 3.05) is 5.32 Å². The molecular weight excluding hydrogens is 162 g/mol. The van der Waals surface area contributed by atoms with Crippen molar-refractivity contribution in [3.05, 3.63) is 23.9 Å². The second-order valence-corrected chi connectivity index (χ2v) is 3.74. The molecule has 1 aromatic rings. The molecule has 0 amide bonds. The Morgan fingerprint density at radius 3 is 2.92 bits per heavy atom. The van der Waals surface area contributed by atoms with Crippen molar-refractivity contribution in [1.82, 2.24) is 4.98 Å². The molecule has 0 unspecified atom stereocenters. The Balaban J connectivity index is 1.98. The number of rotatable bonds is 2. The van der Waals surface area contributed by atoms with Crippen LogP contribution in [0.1, 0.15) is 18.4 Å². The lowest BCUT2D eigenvalue weighted by Gasteiger charge is -2.33. The number of nitrogens with one attached hydrogen (secondary N) is 1. The first-order chi connectivity index (χ1) is 6.25. The van der Waals surface area contributed by atoms with Crippen molar-refractivity contribution < 1.29 is 0 Å². The van der Waals surface area contributed by atoms with Crippen LogP contribution < -0.4 is 11.1 Å². The van der Waals surface area contributed by atoms with Crippen molar-refractivity contribution in [2.24, 2.45) is 5.73 Å². The van der Waals surface area contributed by atoms with Crippen LogP contribution in [0.15, 0.2) is 18.3 Å². The Labute approximate surface area is 78.4 Å². The summed E-state index contributed by atoms with van der Waals surface area (Å²) in [6.45, 7) is 2.06. The SMILES string of the molecule is Cc1cccnc1NC1CC(N)C1. The summed E-state index contributed by atoms with van der Waals surface area (Å²) in [5.74, 6) is 0.999. The molecule has 3 nitrogen and oxygen atoms in total. The van der Waals surface area contributed by atoms with Crippen LogP contribution in [-0.4, -0.2) is 17.1 Å². The maximum atomic E-state index is 5.70. The van der Waals surface area contributed by atoms with Crippen molar-refractivity contribution in [2.45, 2.75) is 31.8 Å². The molecule has 0 spiro atoms. The molecule has 0 aliphatic heterocycles. The molecule has 1 aromatic heterocycles. The smallest absolute Gasteiger partial charge is 0.129 e. The van der Waals surface area contributed by atoms with Crippen molar-refractivity contribution in [3.63, 3.8) is 0 Å². The van der Waals surface area contributed by atoms with E-state index in [1.807, 2.05) is 12.3 Å². The second-order valence-electron chi connectivity index (χ2n) is 3.74. The zero-order chi connectivity index (χ0) is 9.26. The van der Waals surface area contributed by atoms with E-state index in [1.54, 1.807) is 0 Å². The summed E-state index contributed by atoms with van der Waals surface area (Å²) in [6.07, 6.45) is 3.94. The van der Waals surface area contributed by atoms with Gasteiger partial charge in [-0.2, -0.15) is 0 Å². The van der Waals surface area contributed by atoms with Gasteiger partial charge in [0.25, 0.3) is 0 Å². The van der Waals surface area contributed by atoms with Gasteiger partial charge in [-0.05, 0) is 31.4 Å². The molecule has 0 saturated heterocycles. The lowest BCUT2D eigenvalue weighted by molar-refractivity contribution is 0.373. The van der Waals surface area contributed by atoms with E-state index in [2.05, 4.69) is 23.3 Å². The molecule has 1 heterocycles. The summed E-state index contributed by atoms with van der Waals surface area (Å²) in [5.41, 5.74) is 6.90. The topological polar surface area (TPSA) is 50.9 Å². The van der Waals surface area contributed by atoms with E-state index in [0.717, 1.165) is 18.7 Å². The lowest BCUT2D eigenvalue weighted by Crippen LogP contribution is -2.44. The maximum absolute atomic E-state index is 5.70. The Bertz CT molecular complexity index is 292. The number of nitrogens with zero attached hydrogens (tertiary/aromatic N) is 1. The van der Waals surface area contributed by atoms with Gasteiger partial charge in [0.15, 0.2) is 0 Å². The summed E-state index contributed by atoms with van der Waals surface area (Å²) < 4.78 is 0. The lowest BCUT2D eigenvalue weighted by atomic mass is 9.87. The summed E-state index contributed by atoms with van der Waals surface area (Å²) in [5, 5.41) is 3.39. The van der Waals surface area contributed by atoms with Crippen molar-refractivity contribution in [3.8, 4) is 0 Å². The first-order valence-electron chi connectivity index (χ1n) is 4.69. The molecule has 1 aliphatic carbocycles. The molecule has 1 aliphatic rings. The second kappa shape index (κ2) is 3.34. The summed E-state index contributed by atoms with van der Waals surface area (Å²) in [6, 6.07) is 4.94. The number of nitrogens with two attached hydrogens (primary N) is 1. The van der Waals surface area contributed by atoms with Crippen LogP contribution in [0.5, 0.6) is 0 Å². The molecule has 0 radical (unpaired) electrons. The molecular formula is C10H15N3. The summed E-state index contributed by atoms with van der Waals surface area (Å²) in [4.78, 5) is 4.27. The van der Waals surface area contributed by atoms with Crippen molar-refractivity contribution >= 4 is 5.82 Å². The molecule has 0 aromatic carbocycles. The number of pyridine rings is 1. The van der Waals surface area contributed by atoms with Gasteiger partial charge in [0.05, 0.1) is 0 Å². The minimum absolute atomic E-state index is 0.390. The van der Waals surface area contributed by atoms with Gasteiger partial charge in [0, 0.05) is 18.3 Å². The van der Waals surface area contributed by atoms with Gasteiger partial charge >= 0.3 is 0 Å². The number of hydrogen-bond donors (Lipinski definition) is 2. The highest BCUT2D eigenvalue weighted by Gasteiger charge is 2.25. The van der Waals surface area contributed by atoms with Gasteiger partial charge in [0.2, 0.25) is 0 Å². The van der Waals surface area contributed by atoms with Gasteiger partial charge in [0.1, 0.15) is 5.82 Å². The zero-order valence-electron chi connectivity index (χ0n) is 7.83. The molecule has 1 fully saturated rings. The summed E-state index contributed by atoms with van der Waals surface area (Å²) >= 11 is 0. The molecule has 70 valence electrons. The fourth-order valence-electron chi connectivity index (χ4n) is 1.61. The van der Waals surface area contributed by atoms with Gasteiger partial charge < -0.3 is 11.1 Å². The van der Waals surface area contributed by atoms with E-state index < -0.39 is 0 Å². The third kappa shape index (κ3) is 1.80. The number of hydrogen-bond acceptors (Lipinski definition) is 3. The standard InChI is InChI=1S/C10H15N3/c1-7-3-2-4-12-10(7)13-9-5-8(11)6-9/h2-4,8-9H,5-6,11H2,1H3,(H,12,13). The maximum Gasteiger partial charge on any atom is 0.129 e. The van der Waals surface area contributed by atoms with Gasteiger partial charge in [-0.25, -0.2) is 4.98 Å². The zero-order valence-corrected chi connectivity index (χ0v) is 7.83. The van der Waals surface area contributed by atoms with Gasteiger partial charge in [-0.3, -0.25) is 0 Å². The molecule has 0 atom stereocenters. The van der Waals surface area contributed by atoms with E-state index >= 15 is 0 Å². The highest BCUT2D eigenvalue weighted by atomic mass is 15.0. The Kier molecular flexibility index (Phi) is 2.19. The number of aryl methyl sites for hydroxylation is 1. The predicted molar refractivity (Wildman–Crippen MR) is 53.6 cm³/mol. The normalized spacial score (nSPS) is 26.6. The Morgan fingerprint density at radius 2 is 2.31 bits per heavy atom. The first kappa shape index (κ1) is 8.51. The van der Waals surface area contributed by atoms with Crippen LogP contribution in [0.3, 0.4) is 0 Å². The van der Waals surface area contributed by atoms with Gasteiger partial charge in [-0.1, -0.05) is 6.07 Å². The molecule has 0 bridgehead atoms. The van der Waals surface area contributed by atoms with E-state index in [-0.39, 0.29) is 0 Å². The van der Waals surface area contributed by atoms with Crippen LogP contribution in [0.25, 0.3) is 0 Å². The predicted octanol–water partition coefficient (Wildman–Crippen LogP) is 1.29. The van der Waals surface area contributed by atoms with Crippen LogP contribution >= 0.6 is 0 Å². The fraction of sp³-hybridized carbons (Fsp3) is 0.500. The monoisotopic (exact) mass is 177 g/mol. The van der Waals surface area contributed by atoms with E-state index in [0.29, 0.717) is 12.1 Å². The molecule has 2 rings (SSSR count). The van der Waals surface area contributed by atoms with Crippen molar-refractivity contribution in [1.29, 1.82) is 0 Å². The van der Waals surface area contributed by atoms with Crippen LogP contribution in [0, 0.1) is 6.92 Å². The minimum atomic E-state index is 0.390. The van der Waals surface area contributed by atoms with Crippen LogP contribution in [0.2, 0.25) is 0 Å². The van der Waals surface area contributed by atoms with E-state index in [9.17, 15) is 0 Å². The third-order valence-electron chi connectivity index (χ3n) is 2.52. The quantitative estimate of drug-likeness (QED) is 0.715. The van der Waals surface area contributed by atoms with Crippen LogP contribution in [-0.2, 0) is 0 Å². The largest absolute Gasteiger partial charge is 0.367 e. The molecule has 13 heavy (non-hydrogen) atoms. The molecule has 1 saturated carbocycles. The highest BCUT2D eigenvalue weighted by molar-refractivity contribution is 5.43. The number of aromatic nitrogens is 1. The average Bonchev–Trinajstić information content (AvgIpc) is 2.06. The van der Waals surface area contributed by atoms with Gasteiger partial charge in [-0.15, -0.1) is 0 Å². The first-order valence-corrected chi connectivity index (χ1v) is 4.69. The Hall–Kier alpha value is -1.09.